The number of carbonyl (C=O) groups excluding carboxylic acids is 1. The van der Waals surface area contributed by atoms with Gasteiger partial charge in [0.2, 0.25) is 0 Å². The zero-order valence-corrected chi connectivity index (χ0v) is 21.7. The van der Waals surface area contributed by atoms with Crippen LogP contribution in [0.1, 0.15) is 72.6 Å². The summed E-state index contributed by atoms with van der Waals surface area (Å²) in [4.78, 5) is 12.5. The van der Waals surface area contributed by atoms with Crippen LogP contribution >= 0.6 is 23.4 Å². The molecule has 0 bridgehead atoms. The minimum atomic E-state index is -0.344. The van der Waals surface area contributed by atoms with Gasteiger partial charge in [0.15, 0.2) is 0 Å². The summed E-state index contributed by atoms with van der Waals surface area (Å²) in [6, 6.07) is 3.06. The van der Waals surface area contributed by atoms with Crippen LogP contribution in [0.2, 0.25) is 5.02 Å². The molecule has 0 aromatic heterocycles. The van der Waals surface area contributed by atoms with E-state index < -0.39 is 0 Å². The fourth-order valence-electron chi connectivity index (χ4n) is 6.13. The van der Waals surface area contributed by atoms with E-state index in [0.717, 1.165) is 38.0 Å². The number of esters is 1. The third-order valence-electron chi connectivity index (χ3n) is 7.09. The third-order valence-corrected chi connectivity index (χ3v) is 8.82. The molecule has 0 N–H and O–H groups in total. The van der Waals surface area contributed by atoms with E-state index in [1.807, 2.05) is 0 Å². The Bertz CT molecular complexity index is 788. The van der Waals surface area contributed by atoms with E-state index in [1.54, 1.807) is 6.07 Å². The van der Waals surface area contributed by atoms with Crippen LogP contribution in [0, 0.1) is 34.9 Å². The fraction of sp³-hybridized carbons (Fsp3) is 0.731. The van der Waals surface area contributed by atoms with Gasteiger partial charge in [-0.2, -0.15) is 0 Å². The Balaban J connectivity index is 1.68. The average Bonchev–Trinajstić information content (AvgIpc) is 3.15. The second-order valence-electron chi connectivity index (χ2n) is 10.7. The molecule has 0 radical (unpaired) electrons. The molecule has 1 aromatic carbocycles. The highest BCUT2D eigenvalue weighted by Gasteiger charge is 2.36. The lowest BCUT2D eigenvalue weighted by molar-refractivity contribution is -0.144. The van der Waals surface area contributed by atoms with Crippen LogP contribution in [0.15, 0.2) is 17.0 Å². The predicted octanol–water partition coefficient (Wildman–Crippen LogP) is 7.78. The second kappa shape index (κ2) is 11.0. The molecule has 32 heavy (non-hydrogen) atoms. The molecule has 0 aliphatic heterocycles. The van der Waals surface area contributed by atoms with Gasteiger partial charge in [0.05, 0.1) is 24.7 Å². The minimum Gasteiger partial charge on any atom is -0.491 e. The first-order chi connectivity index (χ1) is 15.1. The van der Waals surface area contributed by atoms with Gasteiger partial charge in [-0.1, -0.05) is 45.7 Å². The first kappa shape index (κ1) is 25.7. The largest absolute Gasteiger partial charge is 0.491 e. The number of halogens is 2. The Morgan fingerprint density at radius 1 is 1.16 bits per heavy atom. The Kier molecular flexibility index (Phi) is 8.82. The Hall–Kier alpha value is -0.940. The van der Waals surface area contributed by atoms with Crippen LogP contribution in [0.25, 0.3) is 0 Å². The van der Waals surface area contributed by atoms with Crippen molar-refractivity contribution in [1.82, 2.24) is 0 Å². The van der Waals surface area contributed by atoms with Crippen LogP contribution in [-0.2, 0) is 9.53 Å². The van der Waals surface area contributed by atoms with E-state index in [4.69, 9.17) is 21.1 Å². The molecule has 6 heteroatoms. The number of carbonyl (C=O) groups is 1. The summed E-state index contributed by atoms with van der Waals surface area (Å²) in [7, 11) is 1.41. The second-order valence-corrected chi connectivity index (χ2v) is 12.4. The highest BCUT2D eigenvalue weighted by Crippen LogP contribution is 2.44. The van der Waals surface area contributed by atoms with Crippen LogP contribution in [-0.4, -0.2) is 24.9 Å². The number of ether oxygens (including phenoxy) is 2. The lowest BCUT2D eigenvalue weighted by Gasteiger charge is -2.38. The number of rotatable bonds is 6. The Labute approximate surface area is 202 Å². The highest BCUT2D eigenvalue weighted by molar-refractivity contribution is 8.00. The highest BCUT2D eigenvalue weighted by atomic mass is 35.5. The lowest BCUT2D eigenvalue weighted by Crippen LogP contribution is -2.32. The molecule has 6 atom stereocenters. The van der Waals surface area contributed by atoms with Gasteiger partial charge in [0, 0.05) is 21.6 Å². The van der Waals surface area contributed by atoms with Crippen LogP contribution in [0.3, 0.4) is 0 Å². The SMILES string of the molecule is COC(=O)C1CCCC1Sc1cc(Cl)c(OCC2(C)C[C@H](C)CC(C)C[C@H](C)C2)cc1F. The first-order valence-electron chi connectivity index (χ1n) is 12.0. The van der Waals surface area contributed by atoms with Crippen LogP contribution < -0.4 is 4.74 Å². The number of hydrogen-bond donors (Lipinski definition) is 0. The molecular formula is C26H38ClFO3S. The van der Waals surface area contributed by atoms with Crippen molar-refractivity contribution in [3.63, 3.8) is 0 Å². The summed E-state index contributed by atoms with van der Waals surface area (Å²) in [6.45, 7) is 9.83. The molecule has 2 aliphatic rings. The van der Waals surface area contributed by atoms with Crippen molar-refractivity contribution in [3.8, 4) is 5.75 Å². The molecule has 2 fully saturated rings. The van der Waals surface area contributed by atoms with Gasteiger partial charge in [0.25, 0.3) is 0 Å². The lowest BCUT2D eigenvalue weighted by atomic mass is 9.69. The van der Waals surface area contributed by atoms with Gasteiger partial charge >= 0.3 is 5.97 Å². The number of hydrogen-bond acceptors (Lipinski definition) is 4. The van der Waals surface area contributed by atoms with Gasteiger partial charge in [-0.25, -0.2) is 4.39 Å². The molecule has 0 spiro atoms. The smallest absolute Gasteiger partial charge is 0.309 e. The summed E-state index contributed by atoms with van der Waals surface area (Å²) in [5.74, 6) is 1.71. The molecular weight excluding hydrogens is 447 g/mol. The van der Waals surface area contributed by atoms with Crippen molar-refractivity contribution in [2.24, 2.45) is 29.1 Å². The van der Waals surface area contributed by atoms with Crippen molar-refractivity contribution < 1.29 is 18.7 Å². The van der Waals surface area contributed by atoms with Gasteiger partial charge in [-0.05, 0) is 62.3 Å². The van der Waals surface area contributed by atoms with E-state index in [1.165, 1.54) is 37.8 Å². The predicted molar refractivity (Wildman–Crippen MR) is 130 cm³/mol. The Morgan fingerprint density at radius 2 is 1.81 bits per heavy atom. The van der Waals surface area contributed by atoms with E-state index in [9.17, 15) is 9.18 Å². The maximum absolute atomic E-state index is 15.0. The van der Waals surface area contributed by atoms with E-state index >= 15 is 0 Å². The van der Waals surface area contributed by atoms with Gasteiger partial charge in [0.1, 0.15) is 11.6 Å². The first-order valence-corrected chi connectivity index (χ1v) is 13.2. The summed E-state index contributed by atoms with van der Waals surface area (Å²) in [6.07, 6.45) is 7.30. The number of thioether (sulfide) groups is 1. The molecule has 0 heterocycles. The summed E-state index contributed by atoms with van der Waals surface area (Å²) < 4.78 is 26.0. The maximum Gasteiger partial charge on any atom is 0.309 e. The topological polar surface area (TPSA) is 35.5 Å². The molecule has 3 nitrogen and oxygen atoms in total. The van der Waals surface area contributed by atoms with E-state index in [0.29, 0.717) is 34.1 Å². The molecule has 2 aliphatic carbocycles. The van der Waals surface area contributed by atoms with Crippen LogP contribution in [0.4, 0.5) is 4.39 Å². The molecule has 4 unspecified atom stereocenters. The average molecular weight is 485 g/mol. The van der Waals surface area contributed by atoms with Crippen molar-refractivity contribution in [3.05, 3.63) is 23.0 Å². The van der Waals surface area contributed by atoms with Crippen LogP contribution in [0.5, 0.6) is 5.75 Å². The molecule has 0 amide bonds. The molecule has 3 rings (SSSR count). The molecule has 0 saturated heterocycles. The van der Waals surface area contributed by atoms with Crippen molar-refractivity contribution in [2.45, 2.75) is 82.8 Å². The van der Waals surface area contributed by atoms with Gasteiger partial charge < -0.3 is 9.47 Å². The zero-order chi connectivity index (χ0) is 23.5. The zero-order valence-electron chi connectivity index (χ0n) is 20.1. The molecule has 180 valence electrons. The standard InChI is InChI=1S/C26H38ClFO3S/c1-16-9-17(2)13-26(4,14-18(3)10-16)15-31-22-12-21(28)24(11-20(22)27)32-23-8-6-7-19(23)25(29)30-5/h11-12,16-19,23H,6-10,13-15H2,1-5H3/t16?,17-,18+,19?,23?,26?. The number of methoxy groups -OCH3 is 1. The number of benzene rings is 1. The van der Waals surface area contributed by atoms with Crippen molar-refractivity contribution >= 4 is 29.3 Å². The molecule has 2 saturated carbocycles. The molecule has 1 aromatic rings. The quantitative estimate of drug-likeness (QED) is 0.386. The van der Waals surface area contributed by atoms with E-state index in [-0.39, 0.29) is 28.4 Å². The Morgan fingerprint density at radius 3 is 2.44 bits per heavy atom. The van der Waals surface area contributed by atoms with Gasteiger partial charge in [-0.15, -0.1) is 11.8 Å². The third kappa shape index (κ3) is 6.56. The summed E-state index contributed by atoms with van der Waals surface area (Å²) in [5, 5.41) is 0.435. The van der Waals surface area contributed by atoms with Crippen molar-refractivity contribution in [2.75, 3.05) is 13.7 Å². The normalized spacial score (nSPS) is 33.4. The van der Waals surface area contributed by atoms with Gasteiger partial charge in [-0.3, -0.25) is 4.79 Å². The fourth-order valence-corrected chi connectivity index (χ4v) is 7.80. The van der Waals surface area contributed by atoms with E-state index in [2.05, 4.69) is 27.7 Å². The minimum absolute atomic E-state index is 0.0130. The monoisotopic (exact) mass is 484 g/mol. The maximum atomic E-state index is 15.0. The van der Waals surface area contributed by atoms with Crippen molar-refractivity contribution in [1.29, 1.82) is 0 Å². The summed E-state index contributed by atoms with van der Waals surface area (Å²) >= 11 is 7.90. The summed E-state index contributed by atoms with van der Waals surface area (Å²) in [5.41, 5.74) is 0.0454.